The molecule has 0 N–H and O–H groups in total. The molecule has 0 spiro atoms. The first-order chi connectivity index (χ1) is 6.86. The Bertz CT molecular complexity index is 220. The van der Waals surface area contributed by atoms with Gasteiger partial charge in [-0.15, -0.1) is 0 Å². The lowest BCUT2D eigenvalue weighted by atomic mass is 10.4. The summed E-state index contributed by atoms with van der Waals surface area (Å²) in [6.45, 7) is 8.96. The monoisotopic (exact) mass is 192 g/mol. The van der Waals surface area contributed by atoms with Crippen molar-refractivity contribution in [3.8, 4) is 0 Å². The topological polar surface area (TPSA) is 6.48 Å². The molecule has 78 valence electrons. The lowest BCUT2D eigenvalue weighted by Gasteiger charge is -2.18. The van der Waals surface area contributed by atoms with Gasteiger partial charge in [0.25, 0.3) is 0 Å². The van der Waals surface area contributed by atoms with Crippen molar-refractivity contribution < 1.29 is 0 Å². The molecule has 0 aromatic rings. The van der Waals surface area contributed by atoms with Gasteiger partial charge in [0, 0.05) is 38.1 Å². The maximum Gasteiger partial charge on any atom is 0.0307 e. The van der Waals surface area contributed by atoms with Gasteiger partial charge in [-0.3, -0.25) is 0 Å². The second-order valence-electron chi connectivity index (χ2n) is 4.24. The van der Waals surface area contributed by atoms with Crippen LogP contribution in [0.4, 0.5) is 0 Å². The first-order valence-corrected chi connectivity index (χ1v) is 5.72. The SMILES string of the molecule is C=C(C=CN1CCCC1)N1CCCC1. The molecule has 0 unspecified atom stereocenters. The summed E-state index contributed by atoms with van der Waals surface area (Å²) >= 11 is 0. The Morgan fingerprint density at radius 2 is 1.50 bits per heavy atom. The molecule has 14 heavy (non-hydrogen) atoms. The fourth-order valence-electron chi connectivity index (χ4n) is 2.19. The van der Waals surface area contributed by atoms with Crippen molar-refractivity contribution >= 4 is 0 Å². The van der Waals surface area contributed by atoms with Crippen LogP contribution < -0.4 is 0 Å². The van der Waals surface area contributed by atoms with Crippen molar-refractivity contribution in [3.05, 3.63) is 24.6 Å². The van der Waals surface area contributed by atoms with E-state index < -0.39 is 0 Å². The Morgan fingerprint density at radius 3 is 2.14 bits per heavy atom. The number of hydrogen-bond donors (Lipinski definition) is 0. The second kappa shape index (κ2) is 4.54. The Labute approximate surface area is 86.9 Å². The van der Waals surface area contributed by atoms with Gasteiger partial charge in [0.1, 0.15) is 0 Å². The summed E-state index contributed by atoms with van der Waals surface area (Å²) < 4.78 is 0. The highest BCUT2D eigenvalue weighted by Gasteiger charge is 2.11. The van der Waals surface area contributed by atoms with Gasteiger partial charge in [-0.05, 0) is 31.8 Å². The van der Waals surface area contributed by atoms with Crippen LogP contribution in [-0.4, -0.2) is 36.0 Å². The molecular formula is C12H20N2. The van der Waals surface area contributed by atoms with E-state index >= 15 is 0 Å². The Balaban J connectivity index is 1.80. The molecule has 2 fully saturated rings. The van der Waals surface area contributed by atoms with E-state index in [4.69, 9.17) is 0 Å². The van der Waals surface area contributed by atoms with Crippen LogP contribution in [0.5, 0.6) is 0 Å². The molecule has 2 aliphatic rings. The minimum atomic E-state index is 1.19. The van der Waals surface area contributed by atoms with Gasteiger partial charge in [-0.1, -0.05) is 6.58 Å². The van der Waals surface area contributed by atoms with E-state index in [0.717, 1.165) is 0 Å². The Kier molecular flexibility index (Phi) is 3.12. The van der Waals surface area contributed by atoms with Crippen LogP contribution in [0.2, 0.25) is 0 Å². The molecule has 2 heteroatoms. The van der Waals surface area contributed by atoms with Crippen molar-refractivity contribution in [2.45, 2.75) is 25.7 Å². The smallest absolute Gasteiger partial charge is 0.0307 e. The van der Waals surface area contributed by atoms with Crippen molar-refractivity contribution in [2.75, 3.05) is 26.2 Å². The number of rotatable bonds is 3. The van der Waals surface area contributed by atoms with Crippen LogP contribution in [0.1, 0.15) is 25.7 Å². The van der Waals surface area contributed by atoms with Crippen molar-refractivity contribution in [3.63, 3.8) is 0 Å². The van der Waals surface area contributed by atoms with Crippen LogP contribution in [0, 0.1) is 0 Å². The van der Waals surface area contributed by atoms with Gasteiger partial charge in [-0.2, -0.15) is 0 Å². The Morgan fingerprint density at radius 1 is 0.929 bits per heavy atom. The maximum absolute atomic E-state index is 4.11. The third-order valence-corrected chi connectivity index (χ3v) is 3.13. The van der Waals surface area contributed by atoms with Crippen LogP contribution in [-0.2, 0) is 0 Å². The van der Waals surface area contributed by atoms with Gasteiger partial charge >= 0.3 is 0 Å². The summed E-state index contributed by atoms with van der Waals surface area (Å²) in [5.41, 5.74) is 1.19. The summed E-state index contributed by atoms with van der Waals surface area (Å²) in [6, 6.07) is 0. The van der Waals surface area contributed by atoms with Crippen molar-refractivity contribution in [1.82, 2.24) is 9.80 Å². The summed E-state index contributed by atoms with van der Waals surface area (Å²) in [5, 5.41) is 0. The first-order valence-electron chi connectivity index (χ1n) is 5.72. The lowest BCUT2D eigenvalue weighted by molar-refractivity contribution is 0.433. The second-order valence-corrected chi connectivity index (χ2v) is 4.24. The zero-order valence-electron chi connectivity index (χ0n) is 8.91. The molecule has 2 aliphatic heterocycles. The minimum Gasteiger partial charge on any atom is -0.377 e. The highest BCUT2D eigenvalue weighted by Crippen LogP contribution is 2.15. The third-order valence-electron chi connectivity index (χ3n) is 3.13. The number of hydrogen-bond acceptors (Lipinski definition) is 2. The Hall–Kier alpha value is -0.920. The van der Waals surface area contributed by atoms with Crippen LogP contribution >= 0.6 is 0 Å². The van der Waals surface area contributed by atoms with Crippen molar-refractivity contribution in [2.24, 2.45) is 0 Å². The van der Waals surface area contributed by atoms with Crippen LogP contribution in [0.15, 0.2) is 24.6 Å². The van der Waals surface area contributed by atoms with Gasteiger partial charge in [-0.25, -0.2) is 0 Å². The summed E-state index contributed by atoms with van der Waals surface area (Å²) in [4.78, 5) is 4.77. The van der Waals surface area contributed by atoms with Gasteiger partial charge < -0.3 is 9.80 Å². The average molecular weight is 192 g/mol. The average Bonchev–Trinajstić information content (AvgIpc) is 2.87. The molecule has 0 aromatic heterocycles. The molecular weight excluding hydrogens is 172 g/mol. The molecule has 2 rings (SSSR count). The summed E-state index contributed by atoms with van der Waals surface area (Å²) in [7, 11) is 0. The zero-order valence-corrected chi connectivity index (χ0v) is 8.91. The predicted octanol–water partition coefficient (Wildman–Crippen LogP) is 2.21. The minimum absolute atomic E-state index is 1.19. The molecule has 2 heterocycles. The summed E-state index contributed by atoms with van der Waals surface area (Å²) in [5.74, 6) is 0. The molecule has 0 aliphatic carbocycles. The van der Waals surface area contributed by atoms with E-state index in [2.05, 4.69) is 28.7 Å². The molecule has 0 bridgehead atoms. The maximum atomic E-state index is 4.11. The first kappa shape index (κ1) is 9.63. The van der Waals surface area contributed by atoms with Crippen LogP contribution in [0.3, 0.4) is 0 Å². The molecule has 0 amide bonds. The van der Waals surface area contributed by atoms with E-state index in [1.54, 1.807) is 0 Å². The van der Waals surface area contributed by atoms with E-state index in [1.807, 2.05) is 0 Å². The van der Waals surface area contributed by atoms with E-state index in [0.29, 0.717) is 0 Å². The number of likely N-dealkylation sites (tertiary alicyclic amines) is 2. The van der Waals surface area contributed by atoms with Gasteiger partial charge in [0.15, 0.2) is 0 Å². The predicted molar refractivity (Wildman–Crippen MR) is 59.9 cm³/mol. The van der Waals surface area contributed by atoms with Gasteiger partial charge in [0.2, 0.25) is 0 Å². The van der Waals surface area contributed by atoms with Crippen molar-refractivity contribution in [1.29, 1.82) is 0 Å². The van der Waals surface area contributed by atoms with E-state index in [-0.39, 0.29) is 0 Å². The molecule has 0 aromatic carbocycles. The standard InChI is InChI=1S/C12H20N2/c1-12(14-9-4-5-10-14)6-11-13-7-2-3-8-13/h6,11H,1-5,7-10H2. The van der Waals surface area contributed by atoms with E-state index in [1.165, 1.54) is 57.6 Å². The number of allylic oxidation sites excluding steroid dienone is 1. The molecule has 0 radical (unpaired) electrons. The third kappa shape index (κ3) is 2.31. The number of nitrogens with zero attached hydrogens (tertiary/aromatic N) is 2. The van der Waals surface area contributed by atoms with E-state index in [9.17, 15) is 0 Å². The molecule has 0 saturated carbocycles. The van der Waals surface area contributed by atoms with Gasteiger partial charge in [0.05, 0.1) is 0 Å². The molecule has 2 nitrogen and oxygen atoms in total. The lowest BCUT2D eigenvalue weighted by Crippen LogP contribution is -2.17. The highest BCUT2D eigenvalue weighted by atomic mass is 15.2. The molecule has 0 atom stereocenters. The largest absolute Gasteiger partial charge is 0.377 e. The quantitative estimate of drug-likeness (QED) is 0.633. The summed E-state index contributed by atoms with van der Waals surface area (Å²) in [6.07, 6.45) is 9.75. The fourth-order valence-corrected chi connectivity index (χ4v) is 2.19. The highest BCUT2D eigenvalue weighted by molar-refractivity contribution is 5.14. The normalized spacial score (nSPS) is 22.6. The molecule has 2 saturated heterocycles. The van der Waals surface area contributed by atoms with Crippen LogP contribution in [0.25, 0.3) is 0 Å². The fraction of sp³-hybridized carbons (Fsp3) is 0.667. The zero-order chi connectivity index (χ0) is 9.80.